The Hall–Kier alpha value is -0.860. The van der Waals surface area contributed by atoms with Gasteiger partial charge in [-0.1, -0.05) is 50.1 Å². The van der Waals surface area contributed by atoms with Gasteiger partial charge in [0.1, 0.15) is 0 Å². The van der Waals surface area contributed by atoms with Gasteiger partial charge in [-0.2, -0.15) is 0 Å². The van der Waals surface area contributed by atoms with Crippen LogP contribution in [0, 0.1) is 11.8 Å². The van der Waals surface area contributed by atoms with Crippen molar-refractivity contribution in [2.24, 2.45) is 11.8 Å². The van der Waals surface area contributed by atoms with Crippen LogP contribution in [0.4, 0.5) is 0 Å². The summed E-state index contributed by atoms with van der Waals surface area (Å²) in [6, 6.07) is 10.3. The van der Waals surface area contributed by atoms with E-state index in [1.54, 1.807) is 0 Å². The highest BCUT2D eigenvalue weighted by Gasteiger charge is 2.31. The fourth-order valence-electron chi connectivity index (χ4n) is 3.20. The third-order valence-corrected chi connectivity index (χ3v) is 4.24. The zero-order valence-corrected chi connectivity index (χ0v) is 11.9. The second kappa shape index (κ2) is 7.66. The number of benzene rings is 1. The van der Waals surface area contributed by atoms with E-state index in [9.17, 15) is 5.11 Å². The molecule has 1 aromatic rings. The fourth-order valence-corrected chi connectivity index (χ4v) is 3.20. The summed E-state index contributed by atoms with van der Waals surface area (Å²) >= 11 is 0. The molecule has 0 spiro atoms. The maximum atomic E-state index is 10.1. The van der Waals surface area contributed by atoms with Gasteiger partial charge in [0.2, 0.25) is 0 Å². The monoisotopic (exact) mass is 262 g/mol. The Morgan fingerprint density at radius 1 is 1.21 bits per heavy atom. The van der Waals surface area contributed by atoms with Crippen molar-refractivity contribution in [3.8, 4) is 0 Å². The molecule has 0 aromatic heterocycles. The Morgan fingerprint density at radius 3 is 2.74 bits per heavy atom. The predicted octanol–water partition coefficient (Wildman–Crippen LogP) is 3.78. The van der Waals surface area contributed by atoms with Gasteiger partial charge < -0.3 is 9.84 Å². The lowest BCUT2D eigenvalue weighted by molar-refractivity contribution is -0.0175. The molecular weight excluding hydrogens is 236 g/mol. The molecule has 2 rings (SSSR count). The van der Waals surface area contributed by atoms with Crippen molar-refractivity contribution in [2.75, 3.05) is 6.61 Å². The molecule has 1 aromatic carbocycles. The summed E-state index contributed by atoms with van der Waals surface area (Å²) in [6.07, 6.45) is 5.48. The molecule has 3 atom stereocenters. The Bertz CT molecular complexity index is 350. The first-order valence-corrected chi connectivity index (χ1v) is 7.61. The maximum absolute atomic E-state index is 10.1. The minimum Gasteiger partial charge on any atom is -0.393 e. The summed E-state index contributed by atoms with van der Waals surface area (Å²) < 4.78 is 5.87. The van der Waals surface area contributed by atoms with Crippen LogP contribution >= 0.6 is 0 Å². The predicted molar refractivity (Wildman–Crippen MR) is 77.8 cm³/mol. The van der Waals surface area contributed by atoms with Crippen molar-refractivity contribution in [3.05, 3.63) is 35.9 Å². The van der Waals surface area contributed by atoms with Gasteiger partial charge in [-0.25, -0.2) is 0 Å². The van der Waals surface area contributed by atoms with Gasteiger partial charge >= 0.3 is 0 Å². The number of rotatable bonds is 6. The van der Waals surface area contributed by atoms with Crippen molar-refractivity contribution in [3.63, 3.8) is 0 Å². The summed E-state index contributed by atoms with van der Waals surface area (Å²) in [5.74, 6) is 0.974. The van der Waals surface area contributed by atoms with Crippen LogP contribution in [0.2, 0.25) is 0 Å². The lowest BCUT2D eigenvalue weighted by Gasteiger charge is -2.35. The van der Waals surface area contributed by atoms with Crippen LogP contribution in [0.15, 0.2) is 30.3 Å². The van der Waals surface area contributed by atoms with Crippen LogP contribution in [0.25, 0.3) is 0 Å². The normalized spacial score (nSPS) is 27.4. The Morgan fingerprint density at radius 2 is 2.00 bits per heavy atom. The van der Waals surface area contributed by atoms with Crippen LogP contribution in [0.5, 0.6) is 0 Å². The molecule has 0 bridgehead atoms. The first kappa shape index (κ1) is 14.5. The van der Waals surface area contributed by atoms with E-state index in [4.69, 9.17) is 4.74 Å². The average molecular weight is 262 g/mol. The zero-order chi connectivity index (χ0) is 13.5. The van der Waals surface area contributed by atoms with Crippen molar-refractivity contribution in [1.29, 1.82) is 0 Å². The highest BCUT2D eigenvalue weighted by Crippen LogP contribution is 2.33. The molecular formula is C17H26O2. The largest absolute Gasteiger partial charge is 0.393 e. The van der Waals surface area contributed by atoms with Crippen LogP contribution in [-0.4, -0.2) is 17.8 Å². The summed E-state index contributed by atoms with van der Waals surface area (Å²) in [5.41, 5.74) is 1.23. The van der Waals surface area contributed by atoms with E-state index in [2.05, 4.69) is 19.1 Å². The smallest absolute Gasteiger partial charge is 0.0717 e. The van der Waals surface area contributed by atoms with Crippen LogP contribution in [0.3, 0.4) is 0 Å². The molecule has 2 heteroatoms. The van der Waals surface area contributed by atoms with Crippen molar-refractivity contribution in [1.82, 2.24) is 0 Å². The lowest BCUT2D eigenvalue weighted by atomic mass is 9.75. The number of ether oxygens (including phenoxy) is 1. The first-order chi connectivity index (χ1) is 9.31. The van der Waals surface area contributed by atoms with Gasteiger partial charge in [-0.3, -0.25) is 0 Å². The SMILES string of the molecule is CCC[C@@H]1[C@@H](COCc2ccccc2)CCC[C@H]1O. The van der Waals surface area contributed by atoms with Gasteiger partial charge in [0, 0.05) is 0 Å². The van der Waals surface area contributed by atoms with E-state index in [0.717, 1.165) is 32.3 Å². The van der Waals surface area contributed by atoms with Crippen LogP contribution in [0.1, 0.15) is 44.6 Å². The number of aliphatic hydroxyl groups is 1. The standard InChI is InChI=1S/C17H26O2/c1-2-7-16-15(10-6-11-17(16)18)13-19-12-14-8-4-3-5-9-14/h3-5,8-9,15-18H,2,6-7,10-13H2,1H3/t15-,16-,17-/m1/s1. The molecule has 106 valence electrons. The molecule has 0 heterocycles. The number of hydrogen-bond donors (Lipinski definition) is 1. The summed E-state index contributed by atoms with van der Waals surface area (Å²) in [7, 11) is 0. The van der Waals surface area contributed by atoms with Gasteiger partial charge in [0.05, 0.1) is 19.3 Å². The maximum Gasteiger partial charge on any atom is 0.0717 e. The molecule has 0 radical (unpaired) electrons. The van der Waals surface area contributed by atoms with Crippen molar-refractivity contribution >= 4 is 0 Å². The fraction of sp³-hybridized carbons (Fsp3) is 0.647. The first-order valence-electron chi connectivity index (χ1n) is 7.61. The van der Waals surface area contributed by atoms with E-state index < -0.39 is 0 Å². The van der Waals surface area contributed by atoms with Gasteiger partial charge in [-0.15, -0.1) is 0 Å². The Kier molecular flexibility index (Phi) is 5.87. The molecule has 0 amide bonds. The highest BCUT2D eigenvalue weighted by molar-refractivity contribution is 5.13. The van der Waals surface area contributed by atoms with Crippen molar-refractivity contribution < 1.29 is 9.84 Å². The molecule has 1 N–H and O–H groups in total. The van der Waals surface area contributed by atoms with Crippen LogP contribution < -0.4 is 0 Å². The van der Waals surface area contributed by atoms with Crippen LogP contribution in [-0.2, 0) is 11.3 Å². The Balaban J connectivity index is 1.80. The third-order valence-electron chi connectivity index (χ3n) is 4.24. The molecule has 1 fully saturated rings. The second-order valence-corrected chi connectivity index (χ2v) is 5.71. The van der Waals surface area contributed by atoms with E-state index in [1.165, 1.54) is 12.0 Å². The van der Waals surface area contributed by atoms with Crippen molar-refractivity contribution in [2.45, 2.75) is 51.7 Å². The number of aliphatic hydroxyl groups excluding tert-OH is 1. The summed E-state index contributed by atoms with van der Waals surface area (Å²) in [6.45, 7) is 3.67. The molecule has 1 aliphatic rings. The molecule has 0 aliphatic heterocycles. The molecule has 1 aliphatic carbocycles. The van der Waals surface area contributed by atoms with Gasteiger partial charge in [0.25, 0.3) is 0 Å². The average Bonchev–Trinajstić information content (AvgIpc) is 2.44. The molecule has 0 saturated heterocycles. The molecule has 19 heavy (non-hydrogen) atoms. The minimum absolute atomic E-state index is 0.112. The summed E-state index contributed by atoms with van der Waals surface area (Å²) in [4.78, 5) is 0. The number of hydrogen-bond acceptors (Lipinski definition) is 2. The topological polar surface area (TPSA) is 29.5 Å². The third kappa shape index (κ3) is 4.32. The Labute approximate surface area is 116 Å². The van der Waals surface area contributed by atoms with E-state index in [1.807, 2.05) is 18.2 Å². The quantitative estimate of drug-likeness (QED) is 0.845. The zero-order valence-electron chi connectivity index (χ0n) is 11.9. The molecule has 2 nitrogen and oxygen atoms in total. The second-order valence-electron chi connectivity index (χ2n) is 5.71. The summed E-state index contributed by atoms with van der Waals surface area (Å²) in [5, 5.41) is 10.1. The van der Waals surface area contributed by atoms with E-state index in [-0.39, 0.29) is 6.10 Å². The highest BCUT2D eigenvalue weighted by atomic mass is 16.5. The molecule has 1 saturated carbocycles. The van der Waals surface area contributed by atoms with Gasteiger partial charge in [-0.05, 0) is 36.7 Å². The molecule has 0 unspecified atom stereocenters. The lowest BCUT2D eigenvalue weighted by Crippen LogP contribution is -2.34. The van der Waals surface area contributed by atoms with E-state index in [0.29, 0.717) is 18.4 Å². The van der Waals surface area contributed by atoms with E-state index >= 15 is 0 Å². The minimum atomic E-state index is -0.112. The van der Waals surface area contributed by atoms with Gasteiger partial charge in [0.15, 0.2) is 0 Å².